The number of anilines is 2. The fraction of sp³-hybridized carbons (Fsp3) is 0.174. The molecule has 0 spiro atoms. The summed E-state index contributed by atoms with van der Waals surface area (Å²) in [5, 5.41) is 28.9. The van der Waals surface area contributed by atoms with Crippen LogP contribution in [0.2, 0.25) is 5.02 Å². The van der Waals surface area contributed by atoms with Crippen LogP contribution in [-0.4, -0.2) is 60.9 Å². The number of halogens is 4. The number of carboxylic acids is 1. The van der Waals surface area contributed by atoms with Gasteiger partial charge in [0.25, 0.3) is 0 Å². The second-order valence-corrected chi connectivity index (χ2v) is 8.97. The third-order valence-corrected chi connectivity index (χ3v) is 6.38. The van der Waals surface area contributed by atoms with E-state index in [1.165, 1.54) is 11.3 Å². The largest absolute Gasteiger partial charge is 0.490 e. The minimum atomic E-state index is -5.08. The second kappa shape index (κ2) is 11.6. The maximum atomic E-state index is 10.6. The number of hydrogen-bond acceptors (Lipinski definition) is 8. The molecule has 0 aliphatic rings. The number of aromatic nitrogens is 6. The van der Waals surface area contributed by atoms with Crippen LogP contribution in [-0.2, 0) is 16.1 Å². The van der Waals surface area contributed by atoms with E-state index < -0.39 is 12.1 Å². The van der Waals surface area contributed by atoms with Gasteiger partial charge in [0.15, 0.2) is 0 Å². The lowest BCUT2D eigenvalue weighted by atomic mass is 10.1. The molecule has 10 nitrogen and oxygen atoms in total. The number of nitrogens with zero attached hydrogens (tertiary/aromatic N) is 5. The monoisotopic (exact) mass is 565 g/mol. The number of carbonyl (C=O) groups is 1. The minimum Gasteiger partial charge on any atom is -0.475 e. The fourth-order valence-electron chi connectivity index (χ4n) is 3.32. The number of hydrogen-bond donors (Lipinski definition) is 3. The van der Waals surface area contributed by atoms with Crippen molar-refractivity contribution in [3.63, 3.8) is 0 Å². The summed E-state index contributed by atoms with van der Waals surface area (Å²) in [6.45, 7) is 1.37. The molecule has 0 saturated heterocycles. The second-order valence-electron chi connectivity index (χ2n) is 7.62. The summed E-state index contributed by atoms with van der Waals surface area (Å²) in [6.07, 6.45) is 0.371. The van der Waals surface area contributed by atoms with Crippen LogP contribution >= 0.6 is 22.9 Å². The van der Waals surface area contributed by atoms with E-state index >= 15 is 0 Å². The molecule has 0 saturated carbocycles. The highest BCUT2D eigenvalue weighted by molar-refractivity contribution is 7.18. The number of ether oxygens (including phenoxy) is 1. The first-order valence-corrected chi connectivity index (χ1v) is 12.0. The highest BCUT2D eigenvalue weighted by Crippen LogP contribution is 2.35. The fourth-order valence-corrected chi connectivity index (χ4v) is 4.33. The summed E-state index contributed by atoms with van der Waals surface area (Å²) in [5.41, 5.74) is 3.62. The van der Waals surface area contributed by atoms with Crippen molar-refractivity contribution in [1.29, 1.82) is 0 Å². The molecule has 3 aromatic heterocycles. The number of benzene rings is 2. The topological polar surface area (TPSA) is 131 Å². The van der Waals surface area contributed by atoms with Gasteiger partial charge in [0, 0.05) is 42.6 Å². The Morgan fingerprint density at radius 2 is 2.00 bits per heavy atom. The number of H-pyrrole nitrogens is 1. The number of fused-ring (bicyclic) bond motifs is 1. The van der Waals surface area contributed by atoms with E-state index in [9.17, 15) is 13.2 Å². The maximum absolute atomic E-state index is 10.6. The normalized spacial score (nSPS) is 11.3. The Labute approximate surface area is 222 Å². The van der Waals surface area contributed by atoms with Crippen molar-refractivity contribution in [2.24, 2.45) is 0 Å². The average molecular weight is 566 g/mol. The van der Waals surface area contributed by atoms with Crippen molar-refractivity contribution in [1.82, 2.24) is 29.9 Å². The molecule has 0 radical (unpaired) electrons. The Bertz CT molecular complexity index is 1550. The quantitative estimate of drug-likeness (QED) is 0.232. The molecule has 0 unspecified atom stereocenters. The zero-order valence-corrected chi connectivity index (χ0v) is 21.1. The number of carboxylic acid groups (broad SMARTS) is 1. The maximum Gasteiger partial charge on any atom is 0.490 e. The molecular weight excluding hydrogens is 547 g/mol. The van der Waals surface area contributed by atoms with Crippen LogP contribution in [0.5, 0.6) is 0 Å². The average Bonchev–Trinajstić information content (AvgIpc) is 3.65. The van der Waals surface area contributed by atoms with Gasteiger partial charge in [0.05, 0.1) is 29.0 Å². The number of aliphatic carboxylic acids is 1. The van der Waals surface area contributed by atoms with Crippen LogP contribution in [0.25, 0.3) is 32.9 Å². The third-order valence-electron chi connectivity index (χ3n) is 5.09. The van der Waals surface area contributed by atoms with E-state index in [4.69, 9.17) is 26.2 Å². The van der Waals surface area contributed by atoms with Gasteiger partial charge in [-0.25, -0.2) is 9.78 Å². The molecule has 0 amide bonds. The lowest BCUT2D eigenvalue weighted by Gasteiger charge is -2.08. The highest BCUT2D eigenvalue weighted by atomic mass is 35.5. The van der Waals surface area contributed by atoms with E-state index in [-0.39, 0.29) is 0 Å². The number of rotatable bonds is 7. The summed E-state index contributed by atoms with van der Waals surface area (Å²) in [4.78, 5) is 13.4. The van der Waals surface area contributed by atoms with Crippen LogP contribution < -0.4 is 5.32 Å². The lowest BCUT2D eigenvalue weighted by Crippen LogP contribution is -2.21. The Balaban J connectivity index is 0.000000426. The molecular formula is C23H19ClF3N7O3S. The van der Waals surface area contributed by atoms with Crippen LogP contribution in [0, 0.1) is 0 Å². The zero-order valence-electron chi connectivity index (χ0n) is 19.5. The van der Waals surface area contributed by atoms with E-state index in [0.29, 0.717) is 16.8 Å². The highest BCUT2D eigenvalue weighted by Gasteiger charge is 2.38. The molecule has 5 rings (SSSR count). The van der Waals surface area contributed by atoms with E-state index in [1.807, 2.05) is 36.5 Å². The molecule has 0 aliphatic heterocycles. The van der Waals surface area contributed by atoms with E-state index in [1.54, 1.807) is 19.5 Å². The minimum absolute atomic E-state index is 0.591. The predicted molar refractivity (Wildman–Crippen MR) is 137 cm³/mol. The van der Waals surface area contributed by atoms with Crippen LogP contribution in [0.4, 0.5) is 24.0 Å². The predicted octanol–water partition coefficient (Wildman–Crippen LogP) is 5.62. The van der Waals surface area contributed by atoms with E-state index in [0.717, 1.165) is 45.1 Å². The summed E-state index contributed by atoms with van der Waals surface area (Å²) < 4.78 is 39.0. The molecule has 2 aromatic carbocycles. The Morgan fingerprint density at radius 3 is 2.74 bits per heavy atom. The van der Waals surface area contributed by atoms with Crippen LogP contribution in [0.15, 0.2) is 55.0 Å². The van der Waals surface area contributed by atoms with Gasteiger partial charge >= 0.3 is 12.1 Å². The Morgan fingerprint density at radius 1 is 1.24 bits per heavy atom. The number of nitrogens with one attached hydrogen (secondary N) is 2. The van der Waals surface area contributed by atoms with Crippen molar-refractivity contribution >= 4 is 50.6 Å². The van der Waals surface area contributed by atoms with Gasteiger partial charge in [0.2, 0.25) is 5.13 Å². The van der Waals surface area contributed by atoms with Gasteiger partial charge in [-0.2, -0.15) is 18.3 Å². The smallest absolute Gasteiger partial charge is 0.475 e. The number of imidazole rings is 1. The molecule has 3 heterocycles. The van der Waals surface area contributed by atoms with Crippen LogP contribution in [0.3, 0.4) is 0 Å². The first-order chi connectivity index (χ1) is 18.2. The molecule has 5 aromatic rings. The standard InChI is InChI=1S/C21H18ClN7OS.C2HF3O2/c1-30-10-9-29-8-7-23-19(29)13-3-2-4-14(11-13)20-27-28-21(31-20)25-17-6-5-16-15(18(17)22)12-24-26-16;3-2(4,5)1(6)7/h2-8,11-12H,9-10H2,1H3,(H,24,26)(H,25,28);(H,6,7). The summed E-state index contributed by atoms with van der Waals surface area (Å²) in [7, 11) is 1.69. The van der Waals surface area contributed by atoms with Crippen LogP contribution in [0.1, 0.15) is 0 Å². The third kappa shape index (κ3) is 6.27. The van der Waals surface area contributed by atoms with Gasteiger partial charge < -0.3 is 19.7 Å². The van der Waals surface area contributed by atoms with Crippen molar-refractivity contribution < 1.29 is 27.8 Å². The van der Waals surface area contributed by atoms with Crippen molar-refractivity contribution in [3.05, 3.63) is 60.0 Å². The SMILES string of the molecule is COCCn1ccnc1-c1cccc(-c2nnc(Nc3ccc4[nH]ncc4c3Cl)s2)c1.O=C(O)C(F)(F)F. The molecule has 38 heavy (non-hydrogen) atoms. The molecule has 0 bridgehead atoms. The zero-order chi connectivity index (χ0) is 27.3. The van der Waals surface area contributed by atoms with Crippen molar-refractivity contribution in [2.75, 3.05) is 19.0 Å². The van der Waals surface area contributed by atoms with E-state index in [2.05, 4.69) is 41.3 Å². The molecule has 15 heteroatoms. The molecule has 198 valence electrons. The number of aromatic amines is 1. The Hall–Kier alpha value is -4.01. The first kappa shape index (κ1) is 27.0. The molecule has 3 N–H and O–H groups in total. The Kier molecular flexibility index (Phi) is 8.24. The van der Waals surface area contributed by atoms with Gasteiger partial charge in [-0.3, -0.25) is 5.10 Å². The summed E-state index contributed by atoms with van der Waals surface area (Å²) in [5.74, 6) is -1.87. The van der Waals surface area contributed by atoms with Gasteiger partial charge in [-0.15, -0.1) is 10.2 Å². The molecule has 0 atom stereocenters. The molecule has 0 aliphatic carbocycles. The first-order valence-electron chi connectivity index (χ1n) is 10.8. The van der Waals surface area contributed by atoms with Gasteiger partial charge in [0.1, 0.15) is 10.8 Å². The lowest BCUT2D eigenvalue weighted by molar-refractivity contribution is -0.192. The van der Waals surface area contributed by atoms with Crippen molar-refractivity contribution in [2.45, 2.75) is 12.7 Å². The van der Waals surface area contributed by atoms with Gasteiger partial charge in [-0.05, 0) is 18.2 Å². The number of methoxy groups -OCH3 is 1. The van der Waals surface area contributed by atoms with Gasteiger partial charge in [-0.1, -0.05) is 41.1 Å². The number of alkyl halides is 3. The van der Waals surface area contributed by atoms with Crippen molar-refractivity contribution in [3.8, 4) is 22.0 Å². The molecule has 0 fully saturated rings. The summed E-state index contributed by atoms with van der Waals surface area (Å²) >= 11 is 7.96. The summed E-state index contributed by atoms with van der Waals surface area (Å²) in [6, 6.07) is 11.9.